The molecule has 0 aliphatic rings. The molecule has 2 N–H and O–H groups in total. The van der Waals surface area contributed by atoms with Gasteiger partial charge in [0, 0.05) is 18.2 Å². The topological polar surface area (TPSA) is 48.1 Å². The highest BCUT2D eigenvalue weighted by molar-refractivity contribution is 5.90. The molecule has 3 nitrogen and oxygen atoms in total. The average Bonchev–Trinajstić information content (AvgIpc) is 2.37. The van der Waals surface area contributed by atoms with E-state index in [2.05, 4.69) is 30.1 Å². The van der Waals surface area contributed by atoms with Crippen molar-refractivity contribution in [1.29, 1.82) is 0 Å². The predicted octanol–water partition coefficient (Wildman–Crippen LogP) is 3.31. The van der Waals surface area contributed by atoms with Crippen molar-refractivity contribution in [2.75, 3.05) is 12.8 Å². The van der Waals surface area contributed by atoms with Crippen LogP contribution in [0.15, 0.2) is 24.3 Å². The van der Waals surface area contributed by atoms with Gasteiger partial charge >= 0.3 is 0 Å². The van der Waals surface area contributed by atoms with E-state index in [0.29, 0.717) is 6.61 Å². The smallest absolute Gasteiger partial charge is 0.0885 e. The van der Waals surface area contributed by atoms with Crippen LogP contribution in [0, 0.1) is 0 Å². The molecule has 2 rings (SSSR count). The SMILES string of the molecule is CCCCc1ccc2nc(COC)cc(N)c2c1. The van der Waals surface area contributed by atoms with E-state index in [-0.39, 0.29) is 0 Å². The number of nitrogens with two attached hydrogens (primary N) is 1. The third-order valence-corrected chi connectivity index (χ3v) is 3.07. The van der Waals surface area contributed by atoms with Gasteiger partial charge in [-0.25, -0.2) is 0 Å². The van der Waals surface area contributed by atoms with E-state index in [0.717, 1.165) is 28.7 Å². The number of rotatable bonds is 5. The van der Waals surface area contributed by atoms with E-state index < -0.39 is 0 Å². The van der Waals surface area contributed by atoms with Crippen molar-refractivity contribution in [3.8, 4) is 0 Å². The van der Waals surface area contributed by atoms with Gasteiger partial charge in [-0.15, -0.1) is 0 Å². The Morgan fingerprint density at radius 3 is 2.83 bits per heavy atom. The molecule has 18 heavy (non-hydrogen) atoms. The van der Waals surface area contributed by atoms with Gasteiger partial charge in [-0.3, -0.25) is 4.98 Å². The number of nitrogens with zero attached hydrogens (tertiary/aromatic N) is 1. The molecule has 0 amide bonds. The summed E-state index contributed by atoms with van der Waals surface area (Å²) in [4.78, 5) is 4.54. The van der Waals surface area contributed by atoms with Crippen LogP contribution in [-0.4, -0.2) is 12.1 Å². The minimum atomic E-state index is 0.498. The maximum absolute atomic E-state index is 6.09. The number of methoxy groups -OCH3 is 1. The van der Waals surface area contributed by atoms with Gasteiger partial charge in [-0.1, -0.05) is 19.4 Å². The Balaban J connectivity index is 2.38. The molecule has 0 atom stereocenters. The van der Waals surface area contributed by atoms with E-state index in [1.165, 1.54) is 18.4 Å². The fraction of sp³-hybridized carbons (Fsp3) is 0.400. The number of nitrogen functional groups attached to an aromatic ring is 1. The molecular weight excluding hydrogens is 224 g/mol. The molecule has 1 aromatic heterocycles. The highest BCUT2D eigenvalue weighted by Crippen LogP contribution is 2.23. The van der Waals surface area contributed by atoms with E-state index in [1.54, 1.807) is 7.11 Å². The highest BCUT2D eigenvalue weighted by atomic mass is 16.5. The van der Waals surface area contributed by atoms with Gasteiger partial charge in [0.25, 0.3) is 0 Å². The summed E-state index contributed by atoms with van der Waals surface area (Å²) >= 11 is 0. The zero-order valence-corrected chi connectivity index (χ0v) is 11.1. The van der Waals surface area contributed by atoms with E-state index in [9.17, 15) is 0 Å². The van der Waals surface area contributed by atoms with Gasteiger partial charge in [0.2, 0.25) is 0 Å². The van der Waals surface area contributed by atoms with Crippen molar-refractivity contribution < 1.29 is 4.74 Å². The number of aromatic nitrogens is 1. The summed E-state index contributed by atoms with van der Waals surface area (Å²) in [6, 6.07) is 8.25. The van der Waals surface area contributed by atoms with Gasteiger partial charge in [0.05, 0.1) is 17.8 Å². The third-order valence-electron chi connectivity index (χ3n) is 3.07. The van der Waals surface area contributed by atoms with Crippen LogP contribution in [0.1, 0.15) is 31.0 Å². The van der Waals surface area contributed by atoms with Crippen LogP contribution in [-0.2, 0) is 17.8 Å². The molecule has 0 aliphatic carbocycles. The second-order valence-corrected chi connectivity index (χ2v) is 4.59. The van der Waals surface area contributed by atoms with Crippen LogP contribution in [0.25, 0.3) is 10.9 Å². The zero-order valence-electron chi connectivity index (χ0n) is 11.1. The van der Waals surface area contributed by atoms with Crippen LogP contribution in [0.2, 0.25) is 0 Å². The standard InChI is InChI=1S/C15H20N2O/c1-3-4-5-11-6-7-15-13(8-11)14(16)9-12(17-15)10-18-2/h6-9H,3-5,10H2,1-2H3,(H2,16,17). The minimum absolute atomic E-state index is 0.498. The molecule has 0 radical (unpaired) electrons. The molecule has 0 saturated heterocycles. The molecular formula is C15H20N2O. The molecule has 0 spiro atoms. The summed E-state index contributed by atoms with van der Waals surface area (Å²) in [6.07, 6.45) is 3.52. The Kier molecular flexibility index (Phi) is 4.15. The molecule has 0 unspecified atom stereocenters. The maximum atomic E-state index is 6.09. The fourth-order valence-electron chi connectivity index (χ4n) is 2.11. The first kappa shape index (κ1) is 12.8. The molecule has 0 bridgehead atoms. The third kappa shape index (κ3) is 2.79. The van der Waals surface area contributed by atoms with Crippen LogP contribution < -0.4 is 5.73 Å². The Labute approximate surface area is 108 Å². The number of hydrogen-bond donors (Lipinski definition) is 1. The second-order valence-electron chi connectivity index (χ2n) is 4.59. The lowest BCUT2D eigenvalue weighted by Crippen LogP contribution is -1.98. The fourth-order valence-corrected chi connectivity index (χ4v) is 2.11. The monoisotopic (exact) mass is 244 g/mol. The molecule has 1 aromatic carbocycles. The average molecular weight is 244 g/mol. The Hall–Kier alpha value is -1.61. The number of benzene rings is 1. The lowest BCUT2D eigenvalue weighted by molar-refractivity contribution is 0.182. The van der Waals surface area contributed by atoms with Gasteiger partial charge in [-0.05, 0) is 36.6 Å². The molecule has 3 heteroatoms. The summed E-state index contributed by atoms with van der Waals surface area (Å²) in [6.45, 7) is 2.70. The minimum Gasteiger partial charge on any atom is -0.398 e. The largest absolute Gasteiger partial charge is 0.398 e. The summed E-state index contributed by atoms with van der Waals surface area (Å²) in [5.41, 5.74) is 10.0. The van der Waals surface area contributed by atoms with Crippen molar-refractivity contribution >= 4 is 16.6 Å². The number of anilines is 1. The van der Waals surface area contributed by atoms with Gasteiger partial charge in [0.1, 0.15) is 0 Å². The van der Waals surface area contributed by atoms with Crippen molar-refractivity contribution in [2.24, 2.45) is 0 Å². The first-order chi connectivity index (χ1) is 8.74. The van der Waals surface area contributed by atoms with Crippen LogP contribution in [0.5, 0.6) is 0 Å². The Morgan fingerprint density at radius 2 is 2.11 bits per heavy atom. The highest BCUT2D eigenvalue weighted by Gasteiger charge is 2.04. The first-order valence-electron chi connectivity index (χ1n) is 6.41. The molecule has 0 fully saturated rings. The zero-order chi connectivity index (χ0) is 13.0. The summed E-state index contributed by atoms with van der Waals surface area (Å²) in [5.74, 6) is 0. The number of ether oxygens (including phenoxy) is 1. The summed E-state index contributed by atoms with van der Waals surface area (Å²) < 4.78 is 5.09. The molecule has 96 valence electrons. The lowest BCUT2D eigenvalue weighted by atomic mass is 10.0. The first-order valence-corrected chi connectivity index (χ1v) is 6.41. The predicted molar refractivity (Wildman–Crippen MR) is 75.5 cm³/mol. The maximum Gasteiger partial charge on any atom is 0.0885 e. The van der Waals surface area contributed by atoms with Crippen LogP contribution in [0.4, 0.5) is 5.69 Å². The molecule has 0 saturated carbocycles. The lowest BCUT2D eigenvalue weighted by Gasteiger charge is -2.08. The van der Waals surface area contributed by atoms with E-state index >= 15 is 0 Å². The summed E-state index contributed by atoms with van der Waals surface area (Å²) in [5, 5.41) is 1.04. The van der Waals surface area contributed by atoms with Gasteiger partial charge in [-0.2, -0.15) is 0 Å². The Bertz CT molecular complexity index is 537. The second kappa shape index (κ2) is 5.83. The number of fused-ring (bicyclic) bond motifs is 1. The normalized spacial score (nSPS) is 11.0. The number of pyridine rings is 1. The van der Waals surface area contributed by atoms with E-state index in [1.807, 2.05) is 6.07 Å². The van der Waals surface area contributed by atoms with Crippen molar-refractivity contribution in [1.82, 2.24) is 4.98 Å². The van der Waals surface area contributed by atoms with Crippen LogP contribution >= 0.6 is 0 Å². The number of aryl methyl sites for hydroxylation is 1. The van der Waals surface area contributed by atoms with Crippen LogP contribution in [0.3, 0.4) is 0 Å². The molecule has 1 heterocycles. The van der Waals surface area contributed by atoms with Crippen molar-refractivity contribution in [2.45, 2.75) is 32.8 Å². The molecule has 2 aromatic rings. The Morgan fingerprint density at radius 1 is 1.28 bits per heavy atom. The quantitative estimate of drug-likeness (QED) is 0.877. The van der Waals surface area contributed by atoms with Gasteiger partial charge < -0.3 is 10.5 Å². The van der Waals surface area contributed by atoms with Crippen molar-refractivity contribution in [3.63, 3.8) is 0 Å². The number of hydrogen-bond acceptors (Lipinski definition) is 3. The molecule has 0 aliphatic heterocycles. The van der Waals surface area contributed by atoms with E-state index in [4.69, 9.17) is 10.5 Å². The number of unbranched alkanes of at least 4 members (excludes halogenated alkanes) is 1. The van der Waals surface area contributed by atoms with Gasteiger partial charge in [0.15, 0.2) is 0 Å². The summed E-state index contributed by atoms with van der Waals surface area (Å²) in [7, 11) is 1.66. The van der Waals surface area contributed by atoms with Crippen molar-refractivity contribution in [3.05, 3.63) is 35.5 Å².